The molecule has 8 nitrogen and oxygen atoms in total. The van der Waals surface area contributed by atoms with Crippen LogP contribution in [0.5, 0.6) is 0 Å². The van der Waals surface area contributed by atoms with Crippen molar-refractivity contribution in [2.24, 2.45) is 0 Å². The number of benzene rings is 2. The Balaban J connectivity index is 1.32. The van der Waals surface area contributed by atoms with Crippen molar-refractivity contribution in [3.63, 3.8) is 0 Å². The molecular formula is C22H10F6N6O2. The zero-order chi connectivity index (χ0) is 25.5. The summed E-state index contributed by atoms with van der Waals surface area (Å²) < 4.78 is 87.3. The minimum atomic E-state index is -4.47. The van der Waals surface area contributed by atoms with Gasteiger partial charge in [-0.2, -0.15) is 26.3 Å². The molecule has 0 bridgehead atoms. The van der Waals surface area contributed by atoms with E-state index in [9.17, 15) is 26.3 Å². The second-order valence-electron chi connectivity index (χ2n) is 7.26. The van der Waals surface area contributed by atoms with Gasteiger partial charge >= 0.3 is 12.4 Å². The van der Waals surface area contributed by atoms with Crippen LogP contribution in [0.1, 0.15) is 11.1 Å². The molecule has 0 fully saturated rings. The molecule has 0 spiro atoms. The zero-order valence-corrected chi connectivity index (χ0v) is 17.5. The van der Waals surface area contributed by atoms with Gasteiger partial charge in [-0.3, -0.25) is 0 Å². The van der Waals surface area contributed by atoms with Crippen LogP contribution in [0.2, 0.25) is 0 Å². The monoisotopic (exact) mass is 504 g/mol. The molecule has 0 amide bonds. The lowest BCUT2D eigenvalue weighted by Crippen LogP contribution is -2.03. The average Bonchev–Trinajstić information content (AvgIpc) is 3.54. The molecule has 3 aromatic heterocycles. The van der Waals surface area contributed by atoms with E-state index < -0.39 is 23.5 Å². The predicted octanol–water partition coefficient (Wildman–Crippen LogP) is 5.95. The normalized spacial score (nSPS) is 12.2. The Morgan fingerprint density at radius 2 is 0.806 bits per heavy atom. The summed E-state index contributed by atoms with van der Waals surface area (Å²) in [6, 6.07) is 8.43. The lowest BCUT2D eigenvalue weighted by Gasteiger charge is -2.05. The molecule has 5 aromatic rings. The molecule has 0 saturated carbocycles. The molecule has 0 saturated heterocycles. The van der Waals surface area contributed by atoms with Crippen molar-refractivity contribution >= 4 is 0 Å². The van der Waals surface area contributed by atoms with E-state index in [1.54, 1.807) is 0 Å². The number of nitrogens with zero attached hydrogens (tertiary/aromatic N) is 6. The first-order valence-electron chi connectivity index (χ1n) is 9.93. The fraction of sp³-hybridized carbons (Fsp3) is 0.0909. The van der Waals surface area contributed by atoms with Gasteiger partial charge in [0.15, 0.2) is 0 Å². The third kappa shape index (κ3) is 4.64. The van der Waals surface area contributed by atoms with Gasteiger partial charge in [0.25, 0.3) is 11.8 Å². The second-order valence-corrected chi connectivity index (χ2v) is 7.26. The fourth-order valence-corrected chi connectivity index (χ4v) is 3.04. The molecule has 0 N–H and O–H groups in total. The lowest BCUT2D eigenvalue weighted by molar-refractivity contribution is -0.138. The highest BCUT2D eigenvalue weighted by Gasteiger charge is 2.31. The standard InChI is InChI=1S/C22H10F6N6O2/c23-21(24,25)13-5-1-11(2-6-13)17-31-33-19(35-17)15-9-30-16(10-29-15)20-34-32-18(36-20)12-3-7-14(8-4-12)22(26,27)28/h1-10H. The molecule has 0 radical (unpaired) electrons. The van der Waals surface area contributed by atoms with Gasteiger partial charge in [0.05, 0.1) is 23.5 Å². The maximum atomic E-state index is 12.7. The Labute approximate surface area is 196 Å². The van der Waals surface area contributed by atoms with E-state index in [2.05, 4.69) is 30.4 Å². The molecule has 5 rings (SSSR count). The van der Waals surface area contributed by atoms with Crippen LogP contribution < -0.4 is 0 Å². The van der Waals surface area contributed by atoms with Gasteiger partial charge in [0.1, 0.15) is 11.4 Å². The first-order valence-corrected chi connectivity index (χ1v) is 9.93. The Hall–Kier alpha value is -4.62. The highest BCUT2D eigenvalue weighted by molar-refractivity contribution is 5.58. The fourth-order valence-electron chi connectivity index (χ4n) is 3.04. The zero-order valence-electron chi connectivity index (χ0n) is 17.5. The molecule has 0 aliphatic rings. The van der Waals surface area contributed by atoms with Gasteiger partial charge < -0.3 is 8.83 Å². The second kappa shape index (κ2) is 8.55. The van der Waals surface area contributed by atoms with Gasteiger partial charge in [-0.1, -0.05) is 0 Å². The number of halogens is 6. The summed E-state index contributed by atoms with van der Waals surface area (Å²) in [4.78, 5) is 8.28. The van der Waals surface area contributed by atoms with Crippen molar-refractivity contribution < 1.29 is 35.2 Å². The van der Waals surface area contributed by atoms with E-state index in [0.717, 1.165) is 24.3 Å². The third-order valence-electron chi connectivity index (χ3n) is 4.86. The number of hydrogen-bond acceptors (Lipinski definition) is 8. The van der Waals surface area contributed by atoms with Crippen LogP contribution in [0.25, 0.3) is 46.1 Å². The number of hydrogen-bond donors (Lipinski definition) is 0. The summed E-state index contributed by atoms with van der Waals surface area (Å²) in [5, 5.41) is 15.3. The van der Waals surface area contributed by atoms with E-state index in [1.807, 2.05) is 0 Å². The Morgan fingerprint density at radius 3 is 1.11 bits per heavy atom. The minimum absolute atomic E-state index is 0.0114. The predicted molar refractivity (Wildman–Crippen MR) is 109 cm³/mol. The maximum Gasteiger partial charge on any atom is 0.416 e. The van der Waals surface area contributed by atoms with Gasteiger partial charge in [0, 0.05) is 11.1 Å². The third-order valence-corrected chi connectivity index (χ3v) is 4.86. The Bertz CT molecular complexity index is 1380. The molecule has 0 unspecified atom stereocenters. The van der Waals surface area contributed by atoms with Gasteiger partial charge in [-0.15, -0.1) is 20.4 Å². The molecule has 182 valence electrons. The summed E-state index contributed by atoms with van der Waals surface area (Å²) in [5.74, 6) is -0.0785. The number of rotatable bonds is 4. The topological polar surface area (TPSA) is 104 Å². The Kier molecular flexibility index (Phi) is 5.50. The summed E-state index contributed by atoms with van der Waals surface area (Å²) >= 11 is 0. The van der Waals surface area contributed by atoms with E-state index in [-0.39, 0.29) is 46.1 Å². The van der Waals surface area contributed by atoms with Crippen LogP contribution in [0, 0.1) is 0 Å². The van der Waals surface area contributed by atoms with Crippen molar-refractivity contribution in [3.8, 4) is 46.1 Å². The van der Waals surface area contributed by atoms with E-state index in [4.69, 9.17) is 8.83 Å². The number of alkyl halides is 6. The number of aromatic nitrogens is 6. The van der Waals surface area contributed by atoms with Crippen molar-refractivity contribution in [2.45, 2.75) is 12.4 Å². The maximum absolute atomic E-state index is 12.7. The molecule has 36 heavy (non-hydrogen) atoms. The lowest BCUT2D eigenvalue weighted by atomic mass is 10.1. The molecule has 14 heteroatoms. The molecule has 3 heterocycles. The van der Waals surface area contributed by atoms with Crippen LogP contribution in [0.3, 0.4) is 0 Å². The smallest absolute Gasteiger partial charge is 0.415 e. The van der Waals surface area contributed by atoms with Crippen molar-refractivity contribution in [1.29, 1.82) is 0 Å². The van der Waals surface area contributed by atoms with Gasteiger partial charge in [0.2, 0.25) is 11.8 Å². The van der Waals surface area contributed by atoms with Crippen molar-refractivity contribution in [2.75, 3.05) is 0 Å². The van der Waals surface area contributed by atoms with Crippen LogP contribution in [0.4, 0.5) is 26.3 Å². The van der Waals surface area contributed by atoms with E-state index in [0.29, 0.717) is 0 Å². The highest BCUT2D eigenvalue weighted by Crippen LogP contribution is 2.32. The molecule has 0 aliphatic carbocycles. The Morgan fingerprint density at radius 1 is 0.472 bits per heavy atom. The van der Waals surface area contributed by atoms with E-state index in [1.165, 1.54) is 36.7 Å². The summed E-state index contributed by atoms with van der Waals surface area (Å²) in [6.07, 6.45) is -6.37. The summed E-state index contributed by atoms with van der Waals surface area (Å²) in [5.41, 5.74) is -0.704. The average molecular weight is 504 g/mol. The molecule has 2 aromatic carbocycles. The molecular weight excluding hydrogens is 494 g/mol. The summed E-state index contributed by atoms with van der Waals surface area (Å²) in [6.45, 7) is 0. The van der Waals surface area contributed by atoms with Crippen LogP contribution in [0.15, 0.2) is 69.8 Å². The molecule has 0 aliphatic heterocycles. The van der Waals surface area contributed by atoms with Gasteiger partial charge in [-0.05, 0) is 48.5 Å². The van der Waals surface area contributed by atoms with Crippen molar-refractivity contribution in [1.82, 2.24) is 30.4 Å². The van der Waals surface area contributed by atoms with Crippen LogP contribution in [-0.4, -0.2) is 30.4 Å². The highest BCUT2D eigenvalue weighted by atomic mass is 19.4. The summed E-state index contributed by atoms with van der Waals surface area (Å²) in [7, 11) is 0. The van der Waals surface area contributed by atoms with Gasteiger partial charge in [-0.25, -0.2) is 9.97 Å². The first-order chi connectivity index (χ1) is 17.1. The first kappa shape index (κ1) is 23.1. The largest absolute Gasteiger partial charge is 0.416 e. The molecule has 0 atom stereocenters. The van der Waals surface area contributed by atoms with Crippen molar-refractivity contribution in [3.05, 3.63) is 72.1 Å². The SMILES string of the molecule is FC(F)(F)c1ccc(-c2nnc(-c3cnc(-c4nnc(-c5ccc(C(F)(F)F)cc5)o4)cn3)o2)cc1. The van der Waals surface area contributed by atoms with Crippen LogP contribution in [-0.2, 0) is 12.4 Å². The van der Waals surface area contributed by atoms with E-state index >= 15 is 0 Å². The quantitative estimate of drug-likeness (QED) is 0.277. The minimum Gasteiger partial charge on any atom is -0.415 e. The van der Waals surface area contributed by atoms with Crippen LogP contribution >= 0.6 is 0 Å².